The van der Waals surface area contributed by atoms with E-state index in [2.05, 4.69) is 13.0 Å². The maximum Gasteiger partial charge on any atom is 0.168 e. The average Bonchev–Trinajstić information content (AvgIpc) is 2.28. The van der Waals surface area contributed by atoms with Crippen molar-refractivity contribution in [2.45, 2.75) is 53.4 Å². The molecule has 0 unspecified atom stereocenters. The molecule has 1 rings (SSSR count). The highest BCUT2D eigenvalue weighted by atomic mass is 16.1. The molecule has 0 aliphatic carbocycles. The molecule has 94 valence electrons. The van der Waals surface area contributed by atoms with Gasteiger partial charge in [0.1, 0.15) is 0 Å². The third kappa shape index (κ3) is 3.99. The van der Waals surface area contributed by atoms with Crippen LogP contribution in [0.4, 0.5) is 0 Å². The first kappa shape index (κ1) is 14.0. The molecule has 1 nitrogen and oxygen atoms in total. The quantitative estimate of drug-likeness (QED) is 0.533. The second-order valence-electron chi connectivity index (χ2n) is 5.69. The van der Waals surface area contributed by atoms with Gasteiger partial charge in [0, 0.05) is 11.0 Å². The Morgan fingerprint density at radius 3 is 2.35 bits per heavy atom. The number of benzene rings is 1. The van der Waals surface area contributed by atoms with Crippen molar-refractivity contribution in [3.05, 3.63) is 35.4 Å². The monoisotopic (exact) mass is 232 g/mol. The van der Waals surface area contributed by atoms with Crippen LogP contribution >= 0.6 is 0 Å². The zero-order valence-electron chi connectivity index (χ0n) is 11.5. The Morgan fingerprint density at radius 1 is 1.12 bits per heavy atom. The van der Waals surface area contributed by atoms with Gasteiger partial charge in [-0.2, -0.15) is 0 Å². The Hall–Kier alpha value is -1.11. The van der Waals surface area contributed by atoms with Gasteiger partial charge in [-0.3, -0.25) is 4.79 Å². The van der Waals surface area contributed by atoms with E-state index in [1.165, 1.54) is 24.8 Å². The molecule has 1 heteroatoms. The number of ketones is 1. The summed E-state index contributed by atoms with van der Waals surface area (Å²) in [6.45, 7) is 8.15. The van der Waals surface area contributed by atoms with Crippen LogP contribution in [0.25, 0.3) is 0 Å². The van der Waals surface area contributed by atoms with Crippen LogP contribution in [0.15, 0.2) is 24.3 Å². The lowest BCUT2D eigenvalue weighted by Gasteiger charge is -2.19. The van der Waals surface area contributed by atoms with Gasteiger partial charge in [-0.15, -0.1) is 0 Å². The molecule has 1 aromatic carbocycles. The second-order valence-corrected chi connectivity index (χ2v) is 5.69. The van der Waals surface area contributed by atoms with Gasteiger partial charge in [-0.1, -0.05) is 64.8 Å². The number of hydrogen-bond donors (Lipinski definition) is 0. The predicted octanol–water partition coefficient (Wildman–Crippen LogP) is 4.65. The molecule has 0 heterocycles. The van der Waals surface area contributed by atoms with E-state index < -0.39 is 0 Å². The average molecular weight is 232 g/mol. The molecule has 0 amide bonds. The molecular formula is C16H24O. The van der Waals surface area contributed by atoms with Crippen LogP contribution in [0.3, 0.4) is 0 Å². The van der Waals surface area contributed by atoms with Crippen molar-refractivity contribution in [2.24, 2.45) is 5.41 Å². The van der Waals surface area contributed by atoms with Crippen molar-refractivity contribution in [2.75, 3.05) is 0 Å². The Balaban J connectivity index is 2.88. The van der Waals surface area contributed by atoms with E-state index in [1.54, 1.807) is 0 Å². The maximum absolute atomic E-state index is 12.3. The number of unbranched alkanes of at least 4 members (excludes halogenated alkanes) is 2. The number of hydrogen-bond acceptors (Lipinski definition) is 1. The minimum Gasteiger partial charge on any atom is -0.294 e. The first-order chi connectivity index (χ1) is 7.96. The van der Waals surface area contributed by atoms with Crippen molar-refractivity contribution in [1.82, 2.24) is 0 Å². The van der Waals surface area contributed by atoms with Gasteiger partial charge in [-0.05, 0) is 18.4 Å². The molecule has 0 radical (unpaired) electrons. The standard InChI is InChI=1S/C16H24O/c1-5-6-7-10-13-11-8-9-12-14(13)15(17)16(2,3)4/h8-9,11-12H,5-7,10H2,1-4H3. The highest BCUT2D eigenvalue weighted by Gasteiger charge is 2.24. The van der Waals surface area contributed by atoms with Crippen LogP contribution < -0.4 is 0 Å². The van der Waals surface area contributed by atoms with Gasteiger partial charge in [0.15, 0.2) is 5.78 Å². The fraction of sp³-hybridized carbons (Fsp3) is 0.562. The number of Topliss-reactive ketones (excluding diaryl/α,β-unsaturated/α-hetero) is 1. The molecule has 0 saturated heterocycles. The topological polar surface area (TPSA) is 17.1 Å². The molecule has 1 aromatic rings. The zero-order chi connectivity index (χ0) is 12.9. The highest BCUT2D eigenvalue weighted by Crippen LogP contribution is 2.24. The fourth-order valence-electron chi connectivity index (χ4n) is 1.93. The second kappa shape index (κ2) is 6.00. The summed E-state index contributed by atoms with van der Waals surface area (Å²) in [6.07, 6.45) is 4.64. The summed E-state index contributed by atoms with van der Waals surface area (Å²) < 4.78 is 0. The molecule has 0 aromatic heterocycles. The molecule has 17 heavy (non-hydrogen) atoms. The lowest BCUT2D eigenvalue weighted by molar-refractivity contribution is 0.0857. The van der Waals surface area contributed by atoms with Gasteiger partial charge < -0.3 is 0 Å². The lowest BCUT2D eigenvalue weighted by Crippen LogP contribution is -2.21. The fourth-order valence-corrected chi connectivity index (χ4v) is 1.93. The molecule has 0 fully saturated rings. The van der Waals surface area contributed by atoms with Crippen molar-refractivity contribution in [3.63, 3.8) is 0 Å². The Bertz CT molecular complexity index is 371. The van der Waals surface area contributed by atoms with Crippen molar-refractivity contribution >= 4 is 5.78 Å². The van der Waals surface area contributed by atoms with Crippen LogP contribution in [0, 0.1) is 5.41 Å². The zero-order valence-corrected chi connectivity index (χ0v) is 11.5. The van der Waals surface area contributed by atoms with E-state index in [0.717, 1.165) is 12.0 Å². The summed E-state index contributed by atoms with van der Waals surface area (Å²) >= 11 is 0. The molecular weight excluding hydrogens is 208 g/mol. The Kier molecular flexibility index (Phi) is 4.92. The van der Waals surface area contributed by atoms with Crippen molar-refractivity contribution < 1.29 is 4.79 Å². The largest absolute Gasteiger partial charge is 0.294 e. The van der Waals surface area contributed by atoms with Crippen LogP contribution in [0.5, 0.6) is 0 Å². The molecule has 0 bridgehead atoms. The number of carbonyl (C=O) groups excluding carboxylic acids is 1. The van der Waals surface area contributed by atoms with Crippen molar-refractivity contribution in [1.29, 1.82) is 0 Å². The van der Waals surface area contributed by atoms with Crippen LogP contribution in [-0.2, 0) is 6.42 Å². The number of aryl methyl sites for hydroxylation is 1. The minimum atomic E-state index is -0.291. The SMILES string of the molecule is CCCCCc1ccccc1C(=O)C(C)(C)C. The lowest BCUT2D eigenvalue weighted by atomic mass is 9.84. The predicted molar refractivity (Wildman–Crippen MR) is 73.5 cm³/mol. The molecule has 0 N–H and O–H groups in total. The van der Waals surface area contributed by atoms with Crippen LogP contribution in [0.2, 0.25) is 0 Å². The van der Waals surface area contributed by atoms with Gasteiger partial charge in [0.2, 0.25) is 0 Å². The highest BCUT2D eigenvalue weighted by molar-refractivity contribution is 6.01. The van der Waals surface area contributed by atoms with Gasteiger partial charge in [0.05, 0.1) is 0 Å². The normalized spacial score (nSPS) is 11.5. The molecule has 0 aliphatic rings. The summed E-state index contributed by atoms with van der Waals surface area (Å²) in [6, 6.07) is 8.05. The molecule has 0 spiro atoms. The van der Waals surface area contributed by atoms with E-state index in [9.17, 15) is 4.79 Å². The van der Waals surface area contributed by atoms with E-state index in [-0.39, 0.29) is 11.2 Å². The van der Waals surface area contributed by atoms with Crippen molar-refractivity contribution in [3.8, 4) is 0 Å². The molecule has 0 saturated carbocycles. The Morgan fingerprint density at radius 2 is 1.76 bits per heavy atom. The first-order valence-corrected chi connectivity index (χ1v) is 6.59. The third-order valence-corrected chi connectivity index (χ3v) is 2.99. The Labute approximate surface area is 105 Å². The molecule has 0 aliphatic heterocycles. The van der Waals surface area contributed by atoms with Gasteiger partial charge in [0.25, 0.3) is 0 Å². The van der Waals surface area contributed by atoms with Gasteiger partial charge >= 0.3 is 0 Å². The maximum atomic E-state index is 12.3. The third-order valence-electron chi connectivity index (χ3n) is 2.99. The summed E-state index contributed by atoms with van der Waals surface area (Å²) in [5.74, 6) is 0.254. The number of rotatable bonds is 5. The van der Waals surface area contributed by atoms with Crippen LogP contribution in [-0.4, -0.2) is 5.78 Å². The number of carbonyl (C=O) groups is 1. The first-order valence-electron chi connectivity index (χ1n) is 6.59. The summed E-state index contributed by atoms with van der Waals surface area (Å²) in [4.78, 5) is 12.3. The summed E-state index contributed by atoms with van der Waals surface area (Å²) in [5, 5.41) is 0. The van der Waals surface area contributed by atoms with Gasteiger partial charge in [-0.25, -0.2) is 0 Å². The van der Waals surface area contributed by atoms with E-state index in [1.807, 2.05) is 39.0 Å². The van der Waals surface area contributed by atoms with E-state index in [4.69, 9.17) is 0 Å². The van der Waals surface area contributed by atoms with E-state index in [0.29, 0.717) is 0 Å². The summed E-state index contributed by atoms with van der Waals surface area (Å²) in [7, 11) is 0. The molecule has 0 atom stereocenters. The van der Waals surface area contributed by atoms with E-state index >= 15 is 0 Å². The van der Waals surface area contributed by atoms with Crippen LogP contribution in [0.1, 0.15) is 62.9 Å². The minimum absolute atomic E-state index is 0.254. The smallest absolute Gasteiger partial charge is 0.168 e. The summed E-state index contributed by atoms with van der Waals surface area (Å²) in [5.41, 5.74) is 1.83.